The summed E-state index contributed by atoms with van der Waals surface area (Å²) in [5, 5.41) is 10.5. The molecule has 0 unspecified atom stereocenters. The quantitative estimate of drug-likeness (QED) is 0.440. The van der Waals surface area contributed by atoms with E-state index < -0.39 is 5.97 Å². The Morgan fingerprint density at radius 1 is 1.00 bits per heavy atom. The highest BCUT2D eigenvalue weighted by Gasteiger charge is 2.18. The molecule has 5 aromatic rings. The van der Waals surface area contributed by atoms with Gasteiger partial charge in [-0.05, 0) is 43.3 Å². The summed E-state index contributed by atoms with van der Waals surface area (Å²) in [7, 11) is 1.66. The van der Waals surface area contributed by atoms with Gasteiger partial charge < -0.3 is 19.0 Å². The number of fused-ring (bicyclic) bond motifs is 4. The highest BCUT2D eigenvalue weighted by atomic mass is 16.5. The zero-order chi connectivity index (χ0) is 21.5. The van der Waals surface area contributed by atoms with Gasteiger partial charge in [-0.15, -0.1) is 0 Å². The molecular weight excluding hydrogens is 392 g/mol. The molecule has 7 nitrogen and oxygen atoms in total. The first-order chi connectivity index (χ1) is 15.1. The van der Waals surface area contributed by atoms with Crippen molar-refractivity contribution in [3.63, 3.8) is 0 Å². The molecule has 0 aliphatic rings. The Morgan fingerprint density at radius 3 is 2.58 bits per heavy atom. The van der Waals surface area contributed by atoms with Gasteiger partial charge in [-0.1, -0.05) is 18.2 Å². The van der Waals surface area contributed by atoms with Crippen molar-refractivity contribution in [3.05, 3.63) is 60.2 Å². The lowest BCUT2D eigenvalue weighted by Crippen LogP contribution is -2.06. The van der Waals surface area contributed by atoms with Crippen molar-refractivity contribution in [3.8, 4) is 11.5 Å². The van der Waals surface area contributed by atoms with Crippen LogP contribution in [-0.4, -0.2) is 43.9 Å². The van der Waals surface area contributed by atoms with E-state index in [0.717, 1.165) is 39.7 Å². The molecule has 3 aromatic heterocycles. The molecule has 0 fully saturated rings. The van der Waals surface area contributed by atoms with E-state index in [1.807, 2.05) is 22.8 Å². The number of rotatable bonds is 6. The number of aromatic nitrogens is 4. The maximum Gasteiger partial charge on any atom is 0.335 e. The molecule has 5 rings (SSSR count). The molecule has 156 valence electrons. The number of nitrogens with zero attached hydrogens (tertiary/aromatic N) is 4. The maximum atomic E-state index is 11.4. The van der Waals surface area contributed by atoms with Gasteiger partial charge in [-0.25, -0.2) is 14.8 Å². The van der Waals surface area contributed by atoms with E-state index in [2.05, 4.69) is 29.7 Å². The molecule has 0 radical (unpaired) electrons. The van der Waals surface area contributed by atoms with Gasteiger partial charge in [0.1, 0.15) is 5.69 Å². The average molecular weight is 414 g/mol. The number of para-hydroxylation sites is 1. The van der Waals surface area contributed by atoms with Crippen molar-refractivity contribution in [1.29, 1.82) is 0 Å². The summed E-state index contributed by atoms with van der Waals surface area (Å²) in [6, 6.07) is 17.3. The third kappa shape index (κ3) is 3.05. The first kappa shape index (κ1) is 19.3. The smallest absolute Gasteiger partial charge is 0.335 e. The van der Waals surface area contributed by atoms with Gasteiger partial charge >= 0.3 is 5.97 Å². The number of imidazole rings is 1. The van der Waals surface area contributed by atoms with Gasteiger partial charge in [0, 0.05) is 25.6 Å². The average Bonchev–Trinajstić information content (AvgIpc) is 3.32. The van der Waals surface area contributed by atoms with Crippen molar-refractivity contribution in [2.45, 2.75) is 20.0 Å². The Hall–Kier alpha value is -3.71. The molecule has 0 aliphatic heterocycles. The second kappa shape index (κ2) is 7.52. The molecule has 7 heteroatoms. The minimum atomic E-state index is -0.971. The molecule has 0 atom stereocenters. The van der Waals surface area contributed by atoms with Crippen LogP contribution in [0.5, 0.6) is 0 Å². The number of aromatic carboxylic acids is 1. The van der Waals surface area contributed by atoms with Gasteiger partial charge in [-0.2, -0.15) is 0 Å². The summed E-state index contributed by atoms with van der Waals surface area (Å²) in [5.74, 6) is -0.272. The number of methoxy groups -OCH3 is 1. The molecule has 3 heterocycles. The van der Waals surface area contributed by atoms with Crippen LogP contribution >= 0.6 is 0 Å². The van der Waals surface area contributed by atoms with Gasteiger partial charge in [-0.3, -0.25) is 0 Å². The summed E-state index contributed by atoms with van der Waals surface area (Å²) in [6.45, 7) is 4.08. The highest BCUT2D eigenvalue weighted by molar-refractivity contribution is 6.06. The molecule has 0 saturated heterocycles. The van der Waals surface area contributed by atoms with Crippen LogP contribution in [0.3, 0.4) is 0 Å². The molecule has 2 aromatic carbocycles. The second-order valence-corrected chi connectivity index (χ2v) is 7.41. The van der Waals surface area contributed by atoms with E-state index in [4.69, 9.17) is 14.7 Å². The van der Waals surface area contributed by atoms with Crippen LogP contribution in [0, 0.1) is 0 Å². The lowest BCUT2D eigenvalue weighted by atomic mass is 10.2. The number of carboxylic acid groups (broad SMARTS) is 1. The molecule has 0 amide bonds. The zero-order valence-electron chi connectivity index (χ0n) is 17.4. The van der Waals surface area contributed by atoms with Crippen LogP contribution in [-0.2, 0) is 17.8 Å². The number of benzene rings is 2. The third-order valence-corrected chi connectivity index (χ3v) is 5.67. The lowest BCUT2D eigenvalue weighted by molar-refractivity contribution is 0.0697. The minimum absolute atomic E-state index is 0.213. The Kier molecular flexibility index (Phi) is 4.67. The number of aryl methyl sites for hydroxylation is 1. The fourth-order valence-electron chi connectivity index (χ4n) is 4.24. The Balaban J connectivity index is 1.75. The van der Waals surface area contributed by atoms with Crippen molar-refractivity contribution < 1.29 is 14.6 Å². The minimum Gasteiger partial charge on any atom is -0.478 e. The van der Waals surface area contributed by atoms with Gasteiger partial charge in [0.25, 0.3) is 0 Å². The molecular formula is C24H22N4O3. The van der Waals surface area contributed by atoms with Crippen molar-refractivity contribution in [1.82, 2.24) is 19.1 Å². The molecule has 31 heavy (non-hydrogen) atoms. The summed E-state index contributed by atoms with van der Waals surface area (Å²) < 4.78 is 9.59. The first-order valence-electron chi connectivity index (χ1n) is 10.2. The Bertz CT molecular complexity index is 1450. The van der Waals surface area contributed by atoms with Crippen LogP contribution in [0.25, 0.3) is 44.5 Å². The van der Waals surface area contributed by atoms with Gasteiger partial charge in [0.15, 0.2) is 5.82 Å². The predicted octanol–water partition coefficient (Wildman–Crippen LogP) is 4.57. The van der Waals surface area contributed by atoms with Crippen LogP contribution in [0.15, 0.2) is 54.6 Å². The monoisotopic (exact) mass is 414 g/mol. The Labute approximate surface area is 178 Å². The largest absolute Gasteiger partial charge is 0.478 e. The van der Waals surface area contributed by atoms with E-state index in [1.54, 1.807) is 25.3 Å². The SMILES string of the molecule is CCn1c2ccccc2c2nc(-c3nc4cc(C(=O)O)ccc4n3CCOC)ccc21. The normalized spacial score (nSPS) is 11.7. The topological polar surface area (TPSA) is 82.2 Å². The standard InChI is InChI=1S/C24H22N4O3/c1-3-27-19-7-5-4-6-16(19)22-21(27)11-9-17(25-22)23-26-18-14-15(24(29)30)8-10-20(18)28(23)12-13-31-2/h4-11,14H,3,12-13H2,1-2H3,(H,29,30). The predicted molar refractivity (Wildman–Crippen MR) is 120 cm³/mol. The van der Waals surface area contributed by atoms with Crippen molar-refractivity contribution in [2.75, 3.05) is 13.7 Å². The van der Waals surface area contributed by atoms with Crippen LogP contribution in [0.1, 0.15) is 17.3 Å². The fraction of sp³-hybridized carbons (Fsp3) is 0.208. The summed E-state index contributed by atoms with van der Waals surface area (Å²) in [4.78, 5) is 21.2. The van der Waals surface area contributed by atoms with Crippen LogP contribution in [0.2, 0.25) is 0 Å². The fourth-order valence-corrected chi connectivity index (χ4v) is 4.24. The van der Waals surface area contributed by atoms with E-state index in [0.29, 0.717) is 24.5 Å². The zero-order valence-corrected chi connectivity index (χ0v) is 17.4. The number of hydrogen-bond acceptors (Lipinski definition) is 4. The number of ether oxygens (including phenoxy) is 1. The lowest BCUT2D eigenvalue weighted by Gasteiger charge is -2.09. The van der Waals surface area contributed by atoms with Crippen LogP contribution < -0.4 is 0 Å². The molecule has 0 bridgehead atoms. The summed E-state index contributed by atoms with van der Waals surface area (Å²) in [6.07, 6.45) is 0. The maximum absolute atomic E-state index is 11.4. The van der Waals surface area contributed by atoms with Crippen LogP contribution in [0.4, 0.5) is 0 Å². The number of hydrogen-bond donors (Lipinski definition) is 1. The first-order valence-corrected chi connectivity index (χ1v) is 10.2. The third-order valence-electron chi connectivity index (χ3n) is 5.67. The number of carboxylic acids is 1. The molecule has 0 spiro atoms. The molecule has 0 saturated carbocycles. The Morgan fingerprint density at radius 2 is 1.81 bits per heavy atom. The van der Waals surface area contributed by atoms with Crippen molar-refractivity contribution >= 4 is 38.9 Å². The van der Waals surface area contributed by atoms with Gasteiger partial charge in [0.2, 0.25) is 0 Å². The van der Waals surface area contributed by atoms with E-state index in [9.17, 15) is 9.90 Å². The number of pyridine rings is 1. The number of carbonyl (C=O) groups is 1. The van der Waals surface area contributed by atoms with Gasteiger partial charge in [0.05, 0.1) is 39.8 Å². The van der Waals surface area contributed by atoms with E-state index >= 15 is 0 Å². The van der Waals surface area contributed by atoms with E-state index in [1.165, 1.54) is 0 Å². The summed E-state index contributed by atoms with van der Waals surface area (Å²) >= 11 is 0. The molecule has 1 N–H and O–H groups in total. The molecule has 0 aliphatic carbocycles. The highest BCUT2D eigenvalue weighted by Crippen LogP contribution is 2.31. The second-order valence-electron chi connectivity index (χ2n) is 7.41. The van der Waals surface area contributed by atoms with Crippen molar-refractivity contribution in [2.24, 2.45) is 0 Å². The summed E-state index contributed by atoms with van der Waals surface area (Å²) in [5.41, 5.74) is 5.62. The van der Waals surface area contributed by atoms with E-state index in [-0.39, 0.29) is 5.56 Å².